The molecule has 1 fully saturated rings. The van der Waals surface area contributed by atoms with Crippen LogP contribution in [0.4, 0.5) is 0 Å². The van der Waals surface area contributed by atoms with Crippen molar-refractivity contribution in [1.29, 1.82) is 0 Å². The summed E-state index contributed by atoms with van der Waals surface area (Å²) in [5.74, 6) is 0. The Hall–Kier alpha value is -0.380. The number of nitrogens with one attached hydrogen (secondary N) is 1. The van der Waals surface area contributed by atoms with Crippen LogP contribution in [0.3, 0.4) is 0 Å². The van der Waals surface area contributed by atoms with E-state index < -0.39 is 0 Å². The van der Waals surface area contributed by atoms with Gasteiger partial charge in [0.2, 0.25) is 0 Å². The normalized spacial score (nSPS) is 25.8. The first-order chi connectivity index (χ1) is 8.47. The summed E-state index contributed by atoms with van der Waals surface area (Å²) in [6.45, 7) is 8.57. The molecular weight excluding hydrogens is 290 g/mol. The van der Waals surface area contributed by atoms with Crippen LogP contribution in [0.25, 0.3) is 0 Å². The van der Waals surface area contributed by atoms with Crippen LogP contribution in [-0.2, 0) is 4.74 Å². The third-order valence-corrected chi connectivity index (χ3v) is 4.09. The summed E-state index contributed by atoms with van der Waals surface area (Å²) in [5.41, 5.74) is 1.54. The van der Waals surface area contributed by atoms with E-state index in [-0.39, 0.29) is 11.5 Å². The zero-order valence-electron chi connectivity index (χ0n) is 11.4. The van der Waals surface area contributed by atoms with E-state index in [1.54, 1.807) is 0 Å². The molecule has 1 aromatic carbocycles. The molecule has 0 aromatic heterocycles. The topological polar surface area (TPSA) is 21.3 Å². The molecule has 0 saturated carbocycles. The van der Waals surface area contributed by atoms with Gasteiger partial charge >= 0.3 is 0 Å². The number of ether oxygens (including phenoxy) is 1. The lowest BCUT2D eigenvalue weighted by Gasteiger charge is -2.30. The number of hydrogen-bond donors (Lipinski definition) is 1. The molecule has 3 heteroatoms. The van der Waals surface area contributed by atoms with Crippen LogP contribution in [0.2, 0.25) is 0 Å². The number of rotatable bonds is 1. The van der Waals surface area contributed by atoms with Gasteiger partial charge in [-0.05, 0) is 29.5 Å². The first-order valence-corrected chi connectivity index (χ1v) is 7.36. The Kier molecular flexibility index (Phi) is 4.46. The van der Waals surface area contributed by atoms with Gasteiger partial charge in [-0.15, -0.1) is 0 Å². The van der Waals surface area contributed by atoms with Crippen LogP contribution in [0, 0.1) is 5.41 Å². The molecule has 0 bridgehead atoms. The van der Waals surface area contributed by atoms with Gasteiger partial charge in [0, 0.05) is 23.7 Å². The lowest BCUT2D eigenvalue weighted by Crippen LogP contribution is -2.40. The molecular formula is C15H22BrNO. The molecule has 0 spiro atoms. The van der Waals surface area contributed by atoms with Crippen LogP contribution in [-0.4, -0.2) is 19.2 Å². The fourth-order valence-corrected chi connectivity index (χ4v) is 2.63. The lowest BCUT2D eigenvalue weighted by atomic mass is 9.85. The number of benzene rings is 1. The van der Waals surface area contributed by atoms with Crippen molar-refractivity contribution in [2.45, 2.75) is 39.3 Å². The minimum absolute atomic E-state index is 0.172. The van der Waals surface area contributed by atoms with Crippen molar-refractivity contribution in [1.82, 2.24) is 5.32 Å². The molecule has 1 N–H and O–H groups in total. The molecule has 1 heterocycles. The fourth-order valence-electron chi connectivity index (χ4n) is 2.37. The second kappa shape index (κ2) is 5.72. The molecule has 2 rings (SSSR count). The summed E-state index contributed by atoms with van der Waals surface area (Å²) >= 11 is 3.46. The summed E-state index contributed by atoms with van der Waals surface area (Å²) in [6.07, 6.45) is 1.25. The standard InChI is InChI=1S/C15H22BrNO/c1-15(2,3)14-8-9-18-13(10-17-14)11-4-6-12(16)7-5-11/h4-7,13-14,17H,8-10H2,1-3H3. The second-order valence-electron chi connectivity index (χ2n) is 6.03. The van der Waals surface area contributed by atoms with Gasteiger partial charge in [0.15, 0.2) is 0 Å². The first kappa shape index (κ1) is 14.0. The van der Waals surface area contributed by atoms with E-state index in [0.29, 0.717) is 6.04 Å². The Balaban J connectivity index is 2.03. The molecule has 18 heavy (non-hydrogen) atoms. The van der Waals surface area contributed by atoms with Crippen LogP contribution in [0.5, 0.6) is 0 Å². The molecule has 0 amide bonds. The van der Waals surface area contributed by atoms with Gasteiger partial charge in [-0.25, -0.2) is 0 Å². The smallest absolute Gasteiger partial charge is 0.0949 e. The molecule has 1 aliphatic heterocycles. The highest BCUT2D eigenvalue weighted by molar-refractivity contribution is 9.10. The van der Waals surface area contributed by atoms with Gasteiger partial charge in [-0.2, -0.15) is 0 Å². The maximum Gasteiger partial charge on any atom is 0.0949 e. The summed E-state index contributed by atoms with van der Waals surface area (Å²) in [4.78, 5) is 0. The summed E-state index contributed by atoms with van der Waals surface area (Å²) < 4.78 is 7.09. The van der Waals surface area contributed by atoms with Gasteiger partial charge in [-0.3, -0.25) is 0 Å². The Morgan fingerprint density at radius 2 is 1.89 bits per heavy atom. The molecule has 0 radical (unpaired) electrons. The van der Waals surface area contributed by atoms with E-state index >= 15 is 0 Å². The Labute approximate surface area is 118 Å². The van der Waals surface area contributed by atoms with Gasteiger partial charge in [0.1, 0.15) is 0 Å². The van der Waals surface area contributed by atoms with Crippen molar-refractivity contribution < 1.29 is 4.74 Å². The highest BCUT2D eigenvalue weighted by atomic mass is 79.9. The van der Waals surface area contributed by atoms with Gasteiger partial charge < -0.3 is 10.1 Å². The van der Waals surface area contributed by atoms with Crippen LogP contribution < -0.4 is 5.32 Å². The van der Waals surface area contributed by atoms with Crippen molar-refractivity contribution in [3.05, 3.63) is 34.3 Å². The SMILES string of the molecule is CC(C)(C)C1CCOC(c2ccc(Br)cc2)CN1. The van der Waals surface area contributed by atoms with Crippen LogP contribution in [0.1, 0.15) is 38.9 Å². The Bertz CT molecular complexity index is 382. The quantitative estimate of drug-likeness (QED) is 0.849. The average molecular weight is 312 g/mol. The highest BCUT2D eigenvalue weighted by Gasteiger charge is 2.28. The largest absolute Gasteiger partial charge is 0.372 e. The zero-order chi connectivity index (χ0) is 13.2. The zero-order valence-corrected chi connectivity index (χ0v) is 13.0. The maximum atomic E-state index is 5.98. The van der Waals surface area contributed by atoms with E-state index in [2.05, 4.69) is 66.3 Å². The monoisotopic (exact) mass is 311 g/mol. The first-order valence-electron chi connectivity index (χ1n) is 6.57. The number of halogens is 1. The molecule has 1 aliphatic rings. The van der Waals surface area contributed by atoms with E-state index in [9.17, 15) is 0 Å². The molecule has 1 saturated heterocycles. The molecule has 2 nitrogen and oxygen atoms in total. The summed E-state index contributed by atoms with van der Waals surface area (Å²) in [6, 6.07) is 8.94. The third kappa shape index (κ3) is 3.56. The highest BCUT2D eigenvalue weighted by Crippen LogP contribution is 2.27. The van der Waals surface area contributed by atoms with E-state index in [0.717, 1.165) is 24.0 Å². The predicted octanol–water partition coefficient (Wildman–Crippen LogP) is 3.91. The fraction of sp³-hybridized carbons (Fsp3) is 0.600. The predicted molar refractivity (Wildman–Crippen MR) is 78.7 cm³/mol. The van der Waals surface area contributed by atoms with E-state index in [1.165, 1.54) is 5.56 Å². The van der Waals surface area contributed by atoms with Crippen molar-refractivity contribution in [3.63, 3.8) is 0 Å². The van der Waals surface area contributed by atoms with E-state index in [4.69, 9.17) is 4.74 Å². The van der Waals surface area contributed by atoms with Gasteiger partial charge in [0.05, 0.1) is 6.10 Å². The number of hydrogen-bond acceptors (Lipinski definition) is 2. The Morgan fingerprint density at radius 1 is 1.22 bits per heavy atom. The van der Waals surface area contributed by atoms with Crippen molar-refractivity contribution in [3.8, 4) is 0 Å². The maximum absolute atomic E-state index is 5.98. The van der Waals surface area contributed by atoms with Gasteiger partial charge in [0.25, 0.3) is 0 Å². The molecule has 2 atom stereocenters. The molecule has 1 aromatic rings. The summed E-state index contributed by atoms with van der Waals surface area (Å²) in [5, 5.41) is 3.65. The molecule has 2 unspecified atom stereocenters. The summed E-state index contributed by atoms with van der Waals surface area (Å²) in [7, 11) is 0. The van der Waals surface area contributed by atoms with Crippen molar-refractivity contribution in [2.24, 2.45) is 5.41 Å². The Morgan fingerprint density at radius 3 is 2.50 bits per heavy atom. The molecule has 100 valence electrons. The van der Waals surface area contributed by atoms with Crippen LogP contribution >= 0.6 is 15.9 Å². The third-order valence-electron chi connectivity index (χ3n) is 3.56. The van der Waals surface area contributed by atoms with E-state index in [1.807, 2.05) is 0 Å². The van der Waals surface area contributed by atoms with Crippen LogP contribution in [0.15, 0.2) is 28.7 Å². The van der Waals surface area contributed by atoms with Crippen molar-refractivity contribution in [2.75, 3.05) is 13.2 Å². The van der Waals surface area contributed by atoms with Crippen molar-refractivity contribution >= 4 is 15.9 Å². The van der Waals surface area contributed by atoms with Gasteiger partial charge in [-0.1, -0.05) is 48.8 Å². The second-order valence-corrected chi connectivity index (χ2v) is 6.94. The minimum Gasteiger partial charge on any atom is -0.372 e. The minimum atomic E-state index is 0.172. The lowest BCUT2D eigenvalue weighted by molar-refractivity contribution is 0.0654. The molecule has 0 aliphatic carbocycles. The average Bonchev–Trinajstić information content (AvgIpc) is 2.55.